The predicted octanol–water partition coefficient (Wildman–Crippen LogP) is 2.28. The van der Waals surface area contributed by atoms with Crippen molar-refractivity contribution in [3.05, 3.63) is 40.6 Å². The Bertz CT molecular complexity index is 606. The third kappa shape index (κ3) is 1.87. The quantitative estimate of drug-likeness (QED) is 0.583. The minimum Gasteiger partial charge on any atom is -0.288 e. The molecular formula is C13H14N2O2. The van der Waals surface area contributed by atoms with Gasteiger partial charge in [-0.2, -0.15) is 0 Å². The number of nitrogens with zero attached hydrogens (tertiary/aromatic N) is 1. The average molecular weight is 230 g/mol. The fourth-order valence-corrected chi connectivity index (χ4v) is 2.04. The van der Waals surface area contributed by atoms with Gasteiger partial charge in [-0.05, 0) is 43.5 Å². The molecule has 17 heavy (non-hydrogen) atoms. The Kier molecular flexibility index (Phi) is 2.81. The van der Waals surface area contributed by atoms with Crippen molar-refractivity contribution in [1.29, 1.82) is 0 Å². The third-order valence-corrected chi connectivity index (χ3v) is 2.90. The van der Waals surface area contributed by atoms with Crippen LogP contribution in [-0.4, -0.2) is 16.1 Å². The molecule has 0 radical (unpaired) electrons. The molecule has 88 valence electrons. The van der Waals surface area contributed by atoms with Gasteiger partial charge in [0, 0.05) is 5.39 Å². The first kappa shape index (κ1) is 11.5. The highest BCUT2D eigenvalue weighted by atomic mass is 16.5. The lowest BCUT2D eigenvalue weighted by Gasteiger charge is -2.09. The van der Waals surface area contributed by atoms with Crippen molar-refractivity contribution >= 4 is 16.8 Å². The van der Waals surface area contributed by atoms with E-state index in [0.29, 0.717) is 0 Å². The second-order valence-corrected chi connectivity index (χ2v) is 4.19. The van der Waals surface area contributed by atoms with Crippen LogP contribution in [0.2, 0.25) is 0 Å². The van der Waals surface area contributed by atoms with Crippen molar-refractivity contribution < 1.29 is 10.0 Å². The zero-order valence-electron chi connectivity index (χ0n) is 10.0. The summed E-state index contributed by atoms with van der Waals surface area (Å²) >= 11 is 0. The Morgan fingerprint density at radius 1 is 1.18 bits per heavy atom. The van der Waals surface area contributed by atoms with Crippen molar-refractivity contribution in [2.45, 2.75) is 20.8 Å². The van der Waals surface area contributed by atoms with Crippen LogP contribution in [0.15, 0.2) is 18.2 Å². The second-order valence-electron chi connectivity index (χ2n) is 4.19. The summed E-state index contributed by atoms with van der Waals surface area (Å²) in [6, 6.07) is 5.70. The van der Waals surface area contributed by atoms with E-state index in [1.165, 1.54) is 0 Å². The van der Waals surface area contributed by atoms with Gasteiger partial charge in [0.25, 0.3) is 5.91 Å². The third-order valence-electron chi connectivity index (χ3n) is 2.90. The van der Waals surface area contributed by atoms with Crippen LogP contribution in [0.4, 0.5) is 0 Å². The SMILES string of the molecule is Cc1ccc(C)c2c(C)cc(C(=O)NO)nc12. The zero-order chi connectivity index (χ0) is 12.6. The van der Waals surface area contributed by atoms with Gasteiger partial charge in [-0.25, -0.2) is 10.5 Å². The number of aromatic nitrogens is 1. The predicted molar refractivity (Wildman–Crippen MR) is 65.2 cm³/mol. The number of hydroxylamine groups is 1. The van der Waals surface area contributed by atoms with Gasteiger partial charge in [-0.15, -0.1) is 0 Å². The summed E-state index contributed by atoms with van der Waals surface area (Å²) in [7, 11) is 0. The molecule has 1 amide bonds. The molecule has 1 heterocycles. The van der Waals surface area contributed by atoms with Crippen molar-refractivity contribution in [3.63, 3.8) is 0 Å². The summed E-state index contributed by atoms with van der Waals surface area (Å²) in [6.45, 7) is 5.90. The van der Waals surface area contributed by atoms with Crippen LogP contribution in [0.3, 0.4) is 0 Å². The molecule has 0 aliphatic carbocycles. The molecule has 0 bridgehead atoms. The van der Waals surface area contributed by atoms with E-state index in [9.17, 15) is 4.79 Å². The Morgan fingerprint density at radius 3 is 2.47 bits per heavy atom. The lowest BCUT2D eigenvalue weighted by atomic mass is 10.0. The number of carbonyl (C=O) groups excluding carboxylic acids is 1. The lowest BCUT2D eigenvalue weighted by Crippen LogP contribution is -2.20. The van der Waals surface area contributed by atoms with Crippen molar-refractivity contribution in [3.8, 4) is 0 Å². The van der Waals surface area contributed by atoms with E-state index >= 15 is 0 Å². The fraction of sp³-hybridized carbons (Fsp3) is 0.231. The standard InChI is InChI=1S/C13H14N2O2/c1-7-4-5-8(2)12-11(7)9(3)6-10(14-12)13(16)15-17/h4-6,17H,1-3H3,(H,15,16). The molecule has 2 aromatic rings. The highest BCUT2D eigenvalue weighted by molar-refractivity contribution is 5.96. The second kappa shape index (κ2) is 4.14. The summed E-state index contributed by atoms with van der Waals surface area (Å²) in [4.78, 5) is 15.7. The van der Waals surface area contributed by atoms with Crippen LogP contribution in [0.5, 0.6) is 0 Å². The maximum absolute atomic E-state index is 11.4. The molecule has 0 saturated carbocycles. The number of nitrogens with one attached hydrogen (secondary N) is 1. The Morgan fingerprint density at radius 2 is 1.82 bits per heavy atom. The minimum absolute atomic E-state index is 0.228. The summed E-state index contributed by atoms with van der Waals surface area (Å²) in [6.07, 6.45) is 0. The highest BCUT2D eigenvalue weighted by Gasteiger charge is 2.12. The summed E-state index contributed by atoms with van der Waals surface area (Å²) in [5.74, 6) is -0.587. The van der Waals surface area contributed by atoms with Gasteiger partial charge in [0.2, 0.25) is 0 Å². The molecule has 1 aromatic heterocycles. The van der Waals surface area contributed by atoms with Crippen molar-refractivity contribution in [1.82, 2.24) is 10.5 Å². The molecule has 0 atom stereocenters. The molecular weight excluding hydrogens is 216 g/mol. The number of benzene rings is 1. The summed E-state index contributed by atoms with van der Waals surface area (Å²) < 4.78 is 0. The van der Waals surface area contributed by atoms with Crippen LogP contribution in [-0.2, 0) is 0 Å². The maximum atomic E-state index is 11.4. The van der Waals surface area contributed by atoms with Crippen LogP contribution in [0.25, 0.3) is 10.9 Å². The van der Waals surface area contributed by atoms with E-state index in [4.69, 9.17) is 5.21 Å². The molecule has 0 spiro atoms. The summed E-state index contributed by atoms with van der Waals surface area (Å²) in [5, 5.41) is 9.70. The van der Waals surface area contributed by atoms with Crippen LogP contribution in [0, 0.1) is 20.8 Å². The Balaban J connectivity index is 2.82. The minimum atomic E-state index is -0.587. The number of amides is 1. The molecule has 0 unspecified atom stereocenters. The maximum Gasteiger partial charge on any atom is 0.293 e. The van der Waals surface area contributed by atoms with Crippen molar-refractivity contribution in [2.24, 2.45) is 0 Å². The molecule has 4 heteroatoms. The van der Waals surface area contributed by atoms with Crippen LogP contribution in [0.1, 0.15) is 27.2 Å². The normalized spacial score (nSPS) is 10.6. The molecule has 2 N–H and O–H groups in total. The molecule has 2 rings (SSSR count). The molecule has 0 aliphatic rings. The molecule has 0 fully saturated rings. The zero-order valence-corrected chi connectivity index (χ0v) is 10.0. The smallest absolute Gasteiger partial charge is 0.288 e. The van der Waals surface area contributed by atoms with Crippen LogP contribution < -0.4 is 5.48 Å². The number of hydrogen-bond donors (Lipinski definition) is 2. The van der Waals surface area contributed by atoms with Gasteiger partial charge >= 0.3 is 0 Å². The van der Waals surface area contributed by atoms with E-state index in [2.05, 4.69) is 4.98 Å². The van der Waals surface area contributed by atoms with E-state index in [-0.39, 0.29) is 5.69 Å². The fourth-order valence-electron chi connectivity index (χ4n) is 2.04. The first-order valence-electron chi connectivity index (χ1n) is 5.36. The Labute approximate surface area is 99.3 Å². The van der Waals surface area contributed by atoms with E-state index in [1.54, 1.807) is 11.5 Å². The average Bonchev–Trinajstić information content (AvgIpc) is 2.32. The van der Waals surface area contributed by atoms with Gasteiger partial charge in [0.1, 0.15) is 5.69 Å². The van der Waals surface area contributed by atoms with Gasteiger partial charge in [0.15, 0.2) is 0 Å². The first-order valence-corrected chi connectivity index (χ1v) is 5.36. The van der Waals surface area contributed by atoms with Crippen molar-refractivity contribution in [2.75, 3.05) is 0 Å². The topological polar surface area (TPSA) is 62.2 Å². The number of rotatable bonds is 1. The Hall–Kier alpha value is -1.94. The molecule has 4 nitrogen and oxygen atoms in total. The highest BCUT2D eigenvalue weighted by Crippen LogP contribution is 2.24. The number of hydrogen-bond acceptors (Lipinski definition) is 3. The number of pyridine rings is 1. The van der Waals surface area contributed by atoms with Gasteiger partial charge in [-0.3, -0.25) is 10.0 Å². The number of fused-ring (bicyclic) bond motifs is 1. The van der Waals surface area contributed by atoms with E-state index in [1.807, 2.05) is 32.9 Å². The van der Waals surface area contributed by atoms with E-state index in [0.717, 1.165) is 27.6 Å². The van der Waals surface area contributed by atoms with E-state index < -0.39 is 5.91 Å². The number of carbonyl (C=O) groups is 1. The van der Waals surface area contributed by atoms with Gasteiger partial charge in [0.05, 0.1) is 5.52 Å². The lowest BCUT2D eigenvalue weighted by molar-refractivity contribution is 0.0701. The van der Waals surface area contributed by atoms with Gasteiger partial charge < -0.3 is 0 Å². The first-order chi connectivity index (χ1) is 8.04. The molecule has 0 aliphatic heterocycles. The molecule has 0 saturated heterocycles. The van der Waals surface area contributed by atoms with Gasteiger partial charge in [-0.1, -0.05) is 12.1 Å². The number of aryl methyl sites for hydroxylation is 3. The molecule has 1 aromatic carbocycles. The van der Waals surface area contributed by atoms with Crippen LogP contribution >= 0.6 is 0 Å². The largest absolute Gasteiger partial charge is 0.293 e. The monoisotopic (exact) mass is 230 g/mol. The summed E-state index contributed by atoms with van der Waals surface area (Å²) in [5.41, 5.74) is 5.77.